The Hall–Kier alpha value is -3.32. The van der Waals surface area contributed by atoms with E-state index in [1.807, 2.05) is 32.3 Å². The van der Waals surface area contributed by atoms with Crippen LogP contribution in [-0.4, -0.2) is 51.7 Å². The van der Waals surface area contributed by atoms with Crippen molar-refractivity contribution in [3.63, 3.8) is 0 Å². The van der Waals surface area contributed by atoms with Gasteiger partial charge in [-0.25, -0.2) is 0 Å². The number of fused-ring (bicyclic) bond motifs is 1. The van der Waals surface area contributed by atoms with E-state index in [-0.39, 0.29) is 0 Å². The van der Waals surface area contributed by atoms with Gasteiger partial charge in [-0.05, 0) is 105 Å². The third-order valence-electron chi connectivity index (χ3n) is 7.16. The van der Waals surface area contributed by atoms with Crippen LogP contribution in [0.3, 0.4) is 0 Å². The highest BCUT2D eigenvalue weighted by Crippen LogP contribution is 2.39. The second kappa shape index (κ2) is 12.8. The first-order chi connectivity index (χ1) is 18.0. The van der Waals surface area contributed by atoms with E-state index in [1.54, 1.807) is 0 Å². The predicted octanol–water partition coefficient (Wildman–Crippen LogP) is 6.61. The fraction of sp³-hybridized carbons (Fsp3) is 0.467. The summed E-state index contributed by atoms with van der Waals surface area (Å²) in [5.41, 5.74) is 10.9. The molecule has 7 heteroatoms. The molecule has 0 amide bonds. The first-order valence-electron chi connectivity index (χ1n) is 13.6. The Morgan fingerprint density at radius 2 is 1.43 bits per heavy atom. The van der Waals surface area contributed by atoms with Gasteiger partial charge in [-0.3, -0.25) is 15.0 Å². The van der Waals surface area contributed by atoms with Crippen molar-refractivity contribution in [1.82, 2.24) is 19.9 Å². The van der Waals surface area contributed by atoms with Crippen molar-refractivity contribution in [1.29, 1.82) is 0 Å². The maximum atomic E-state index is 5.23. The molecule has 0 saturated carbocycles. The molecule has 4 heterocycles. The van der Waals surface area contributed by atoms with Crippen LogP contribution < -0.4 is 0 Å². The first-order valence-corrected chi connectivity index (χ1v) is 13.6. The summed E-state index contributed by atoms with van der Waals surface area (Å²) in [6, 6.07) is 8.39. The molecule has 3 aromatic heterocycles. The zero-order valence-corrected chi connectivity index (χ0v) is 23.0. The van der Waals surface area contributed by atoms with Gasteiger partial charge in [0.2, 0.25) is 0 Å². The van der Waals surface area contributed by atoms with Crippen LogP contribution in [0.4, 0.5) is 0 Å². The van der Waals surface area contributed by atoms with E-state index in [9.17, 15) is 0 Å². The Labute approximate surface area is 221 Å². The quantitative estimate of drug-likeness (QED) is 0.359. The second-order valence-electron chi connectivity index (χ2n) is 9.62. The van der Waals surface area contributed by atoms with Crippen LogP contribution >= 0.6 is 0 Å². The average Bonchev–Trinajstić information content (AvgIpc) is 3.34. The Bertz CT molecular complexity index is 1270. The molecule has 0 saturated heterocycles. The van der Waals surface area contributed by atoms with Gasteiger partial charge in [0.1, 0.15) is 6.54 Å². The van der Waals surface area contributed by atoms with Crippen molar-refractivity contribution in [2.45, 2.75) is 66.7 Å². The number of rotatable bonds is 6. The van der Waals surface area contributed by atoms with Crippen molar-refractivity contribution in [2.24, 2.45) is 15.4 Å². The Morgan fingerprint density at radius 3 is 2.03 bits per heavy atom. The van der Waals surface area contributed by atoms with Gasteiger partial charge < -0.3 is 4.90 Å². The van der Waals surface area contributed by atoms with Gasteiger partial charge in [0.25, 0.3) is 0 Å². The minimum Gasteiger partial charge on any atom is -0.304 e. The van der Waals surface area contributed by atoms with Gasteiger partial charge in [0.05, 0.1) is 11.4 Å². The maximum Gasteiger partial charge on any atom is 0.107 e. The fourth-order valence-corrected chi connectivity index (χ4v) is 5.14. The van der Waals surface area contributed by atoms with Gasteiger partial charge in [0.15, 0.2) is 0 Å². The summed E-state index contributed by atoms with van der Waals surface area (Å²) in [4.78, 5) is 16.4. The minimum absolute atomic E-state index is 0.481. The lowest BCUT2D eigenvalue weighted by Gasteiger charge is -2.21. The molecule has 2 aliphatic rings. The molecule has 37 heavy (non-hydrogen) atoms. The monoisotopic (exact) mass is 497 g/mol. The Balaban J connectivity index is 0.000000405. The van der Waals surface area contributed by atoms with E-state index >= 15 is 0 Å². The summed E-state index contributed by atoms with van der Waals surface area (Å²) >= 11 is 0. The molecule has 1 aliphatic carbocycles. The van der Waals surface area contributed by atoms with Crippen LogP contribution in [0.5, 0.6) is 0 Å². The molecule has 0 atom stereocenters. The number of nitrogens with zero attached hydrogens (tertiary/aromatic N) is 7. The van der Waals surface area contributed by atoms with Crippen LogP contribution in [0.25, 0.3) is 22.4 Å². The van der Waals surface area contributed by atoms with Gasteiger partial charge in [-0.15, -0.1) is 5.10 Å². The molecule has 194 valence electrons. The third-order valence-corrected chi connectivity index (χ3v) is 7.16. The number of hydrogen-bond acceptors (Lipinski definition) is 7. The van der Waals surface area contributed by atoms with Gasteiger partial charge in [0, 0.05) is 40.6 Å². The predicted molar refractivity (Wildman–Crippen MR) is 151 cm³/mol. The standard InChI is InChI=1S/C24H24N6.C6H15N/c1-15-12-17(8-10-25-15)22-19-6-4-3-5-7-20(19)28-24(18-9-11-26-16(2)13-18)23(22)21-14-27-30-29-21;1-4-7(5-2)6-3/h8-13H,3-7,14H2,1-2H3;4-6H2,1-3H3. The smallest absolute Gasteiger partial charge is 0.107 e. The van der Waals surface area contributed by atoms with Crippen molar-refractivity contribution in [3.05, 3.63) is 64.9 Å². The summed E-state index contributed by atoms with van der Waals surface area (Å²) in [6.45, 7) is 14.7. The molecule has 3 aromatic rings. The van der Waals surface area contributed by atoms with Crippen LogP contribution in [0.15, 0.2) is 52.1 Å². The SMILES string of the molecule is CCN(CC)CC.Cc1cc(-c2nc3c(c(-c4ccnc(C)c4)c2C2=NN=NC2)CCCCC3)ccn1. The molecule has 0 spiro atoms. The average molecular weight is 498 g/mol. The highest BCUT2D eigenvalue weighted by Gasteiger charge is 2.27. The van der Waals surface area contributed by atoms with Gasteiger partial charge in [-0.1, -0.05) is 27.2 Å². The zero-order valence-electron chi connectivity index (χ0n) is 23.0. The van der Waals surface area contributed by atoms with Gasteiger partial charge >= 0.3 is 0 Å². The fourth-order valence-electron chi connectivity index (χ4n) is 5.14. The molecule has 0 unspecified atom stereocenters. The van der Waals surface area contributed by atoms with Gasteiger partial charge in [-0.2, -0.15) is 5.11 Å². The first kappa shape index (κ1) is 26.7. The normalized spacial score (nSPS) is 14.6. The maximum absolute atomic E-state index is 5.23. The molecule has 0 fully saturated rings. The molecule has 0 bridgehead atoms. The van der Waals surface area contributed by atoms with E-state index in [2.05, 4.69) is 69.3 Å². The number of aromatic nitrogens is 3. The number of aryl methyl sites for hydroxylation is 3. The molecule has 7 nitrogen and oxygen atoms in total. The lowest BCUT2D eigenvalue weighted by atomic mass is 9.86. The molecule has 5 rings (SSSR count). The van der Waals surface area contributed by atoms with E-state index in [1.165, 1.54) is 61.3 Å². The summed E-state index contributed by atoms with van der Waals surface area (Å²) in [7, 11) is 0. The molecular weight excluding hydrogens is 458 g/mol. The van der Waals surface area contributed by atoms with Crippen molar-refractivity contribution in [2.75, 3.05) is 26.2 Å². The lowest BCUT2D eigenvalue weighted by molar-refractivity contribution is 0.321. The molecule has 1 aliphatic heterocycles. The van der Waals surface area contributed by atoms with Crippen molar-refractivity contribution in [3.8, 4) is 22.4 Å². The highest BCUT2D eigenvalue weighted by atomic mass is 15.4. The Kier molecular flexibility index (Phi) is 9.23. The van der Waals surface area contributed by atoms with Crippen LogP contribution in [0.1, 0.15) is 68.2 Å². The topological polar surface area (TPSA) is 79.0 Å². The van der Waals surface area contributed by atoms with E-state index in [0.717, 1.165) is 46.8 Å². The highest BCUT2D eigenvalue weighted by molar-refractivity contribution is 6.12. The molecule has 0 aromatic carbocycles. The lowest BCUT2D eigenvalue weighted by Crippen LogP contribution is -2.21. The second-order valence-corrected chi connectivity index (χ2v) is 9.62. The van der Waals surface area contributed by atoms with E-state index < -0.39 is 0 Å². The summed E-state index contributed by atoms with van der Waals surface area (Å²) < 4.78 is 0. The van der Waals surface area contributed by atoms with Crippen LogP contribution in [-0.2, 0) is 12.8 Å². The summed E-state index contributed by atoms with van der Waals surface area (Å²) in [5, 5.41) is 12.5. The Morgan fingerprint density at radius 1 is 0.784 bits per heavy atom. The van der Waals surface area contributed by atoms with Crippen molar-refractivity contribution >= 4 is 5.71 Å². The molecule has 0 N–H and O–H groups in total. The summed E-state index contributed by atoms with van der Waals surface area (Å²) in [5.74, 6) is 0. The van der Waals surface area contributed by atoms with E-state index in [4.69, 9.17) is 4.98 Å². The third kappa shape index (κ3) is 6.34. The molecular formula is C30H39N7. The van der Waals surface area contributed by atoms with Crippen LogP contribution in [0, 0.1) is 13.8 Å². The number of hydrogen-bond donors (Lipinski definition) is 0. The van der Waals surface area contributed by atoms with Crippen molar-refractivity contribution < 1.29 is 0 Å². The zero-order chi connectivity index (χ0) is 26.2. The molecule has 0 radical (unpaired) electrons. The van der Waals surface area contributed by atoms with E-state index in [0.29, 0.717) is 6.54 Å². The van der Waals surface area contributed by atoms with Crippen LogP contribution in [0.2, 0.25) is 0 Å². The summed E-state index contributed by atoms with van der Waals surface area (Å²) in [6.07, 6.45) is 9.36. The minimum atomic E-state index is 0.481. The largest absolute Gasteiger partial charge is 0.304 e. The number of pyridine rings is 3.